The predicted octanol–water partition coefficient (Wildman–Crippen LogP) is 5.16. The molecule has 0 unspecified atom stereocenters. The second-order valence-electron chi connectivity index (χ2n) is 5.03. The zero-order valence-corrected chi connectivity index (χ0v) is 14.2. The number of nitrogens with one attached hydrogen (secondary N) is 1. The number of halogens is 3. The lowest BCUT2D eigenvalue weighted by atomic mass is 10.2. The van der Waals surface area contributed by atoms with Crippen LogP contribution in [-0.4, -0.2) is 12.1 Å². The number of benzene rings is 2. The summed E-state index contributed by atoms with van der Waals surface area (Å²) in [5, 5.41) is 4.86. The zero-order chi connectivity index (χ0) is 17.8. The molecule has 0 saturated heterocycles. The van der Waals surface area contributed by atoms with Gasteiger partial charge in [0, 0.05) is 16.1 Å². The summed E-state index contributed by atoms with van der Waals surface area (Å²) in [6, 6.07) is 13.6. The van der Waals surface area contributed by atoms with Crippen LogP contribution in [0.4, 0.5) is 4.39 Å². The first-order valence-electron chi connectivity index (χ1n) is 7.17. The van der Waals surface area contributed by atoms with E-state index in [2.05, 4.69) is 10.5 Å². The molecule has 7 heteroatoms. The second kappa shape index (κ2) is 7.51. The van der Waals surface area contributed by atoms with E-state index in [0.29, 0.717) is 32.7 Å². The van der Waals surface area contributed by atoms with Crippen LogP contribution in [0.3, 0.4) is 0 Å². The predicted molar refractivity (Wildman–Crippen MR) is 95.6 cm³/mol. The molecule has 25 heavy (non-hydrogen) atoms. The Hall–Kier alpha value is -2.63. The molecule has 0 fully saturated rings. The number of hydrogen-bond donors (Lipinski definition) is 1. The lowest BCUT2D eigenvalue weighted by molar-refractivity contribution is 0.0955. The van der Waals surface area contributed by atoms with Crippen molar-refractivity contribution in [1.82, 2.24) is 5.43 Å². The molecule has 0 aliphatic heterocycles. The Balaban J connectivity index is 1.69. The van der Waals surface area contributed by atoms with Gasteiger partial charge in [0.1, 0.15) is 17.3 Å². The summed E-state index contributed by atoms with van der Waals surface area (Å²) >= 11 is 12.1. The van der Waals surface area contributed by atoms with Crippen molar-refractivity contribution >= 4 is 35.3 Å². The third-order valence-corrected chi connectivity index (χ3v) is 3.85. The number of furan rings is 1. The third-order valence-electron chi connectivity index (χ3n) is 3.28. The Morgan fingerprint density at radius 2 is 1.84 bits per heavy atom. The molecule has 0 aliphatic rings. The minimum atomic E-state index is -0.457. The van der Waals surface area contributed by atoms with Crippen molar-refractivity contribution in [2.75, 3.05) is 0 Å². The van der Waals surface area contributed by atoms with E-state index < -0.39 is 11.7 Å². The van der Waals surface area contributed by atoms with Crippen LogP contribution in [0.2, 0.25) is 10.0 Å². The largest absolute Gasteiger partial charge is 0.455 e. The smallest absolute Gasteiger partial charge is 0.271 e. The number of carbonyl (C=O) groups excluding carboxylic acids is 1. The van der Waals surface area contributed by atoms with E-state index in [0.717, 1.165) is 0 Å². The first kappa shape index (κ1) is 17.2. The van der Waals surface area contributed by atoms with Crippen molar-refractivity contribution in [1.29, 1.82) is 0 Å². The number of nitrogens with zero attached hydrogens (tertiary/aromatic N) is 1. The molecule has 1 aromatic heterocycles. The van der Waals surface area contributed by atoms with E-state index in [1.54, 1.807) is 30.3 Å². The molecule has 4 nitrogen and oxygen atoms in total. The molecule has 1 N–H and O–H groups in total. The molecule has 1 amide bonds. The summed E-state index contributed by atoms with van der Waals surface area (Å²) in [7, 11) is 0. The summed E-state index contributed by atoms with van der Waals surface area (Å²) < 4.78 is 18.4. The van der Waals surface area contributed by atoms with Gasteiger partial charge in [-0.05, 0) is 54.6 Å². The van der Waals surface area contributed by atoms with Crippen molar-refractivity contribution in [3.63, 3.8) is 0 Å². The normalized spacial score (nSPS) is 11.0. The average molecular weight is 377 g/mol. The minimum absolute atomic E-state index is 0.296. The van der Waals surface area contributed by atoms with Gasteiger partial charge in [0.2, 0.25) is 0 Å². The maximum Gasteiger partial charge on any atom is 0.271 e. The summed E-state index contributed by atoms with van der Waals surface area (Å²) in [5.74, 6) is 0.0769. The van der Waals surface area contributed by atoms with Crippen molar-refractivity contribution < 1.29 is 13.6 Å². The molecule has 3 rings (SSSR count). The summed E-state index contributed by atoms with van der Waals surface area (Å²) in [4.78, 5) is 11.8. The maximum atomic E-state index is 12.8. The molecular formula is C18H11Cl2FN2O2. The van der Waals surface area contributed by atoms with Gasteiger partial charge in [-0.25, -0.2) is 9.82 Å². The van der Waals surface area contributed by atoms with Crippen LogP contribution < -0.4 is 5.43 Å². The fourth-order valence-electron chi connectivity index (χ4n) is 2.07. The fraction of sp³-hybridized carbons (Fsp3) is 0. The van der Waals surface area contributed by atoms with Gasteiger partial charge in [0.25, 0.3) is 5.91 Å². The van der Waals surface area contributed by atoms with E-state index in [1.165, 1.54) is 30.5 Å². The summed E-state index contributed by atoms with van der Waals surface area (Å²) in [6.45, 7) is 0. The first-order chi connectivity index (χ1) is 12.0. The lowest BCUT2D eigenvalue weighted by Gasteiger charge is -2.01. The van der Waals surface area contributed by atoms with Crippen LogP contribution in [0.15, 0.2) is 64.1 Å². The van der Waals surface area contributed by atoms with E-state index >= 15 is 0 Å². The Labute approximate surface area is 152 Å². The number of rotatable bonds is 4. The van der Waals surface area contributed by atoms with E-state index in [4.69, 9.17) is 27.6 Å². The quantitative estimate of drug-likeness (QED) is 0.505. The lowest BCUT2D eigenvalue weighted by Crippen LogP contribution is -2.17. The fourth-order valence-corrected chi connectivity index (χ4v) is 2.46. The van der Waals surface area contributed by atoms with Crippen LogP contribution in [0.1, 0.15) is 16.1 Å². The summed E-state index contributed by atoms with van der Waals surface area (Å²) in [5.41, 5.74) is 3.29. The Kier molecular flexibility index (Phi) is 5.16. The Bertz CT molecular complexity index is 937. The number of hydrogen-bond acceptors (Lipinski definition) is 3. The summed E-state index contributed by atoms with van der Waals surface area (Å²) in [6.07, 6.45) is 1.35. The topological polar surface area (TPSA) is 54.6 Å². The van der Waals surface area contributed by atoms with Crippen LogP contribution >= 0.6 is 23.2 Å². The zero-order valence-electron chi connectivity index (χ0n) is 12.7. The van der Waals surface area contributed by atoms with Gasteiger partial charge in [0.15, 0.2) is 0 Å². The standard InChI is InChI=1S/C18H11Cl2FN2O2/c19-12-3-7-16(20)15(9-12)17-8-6-14(25-17)10-22-23-18(24)11-1-4-13(21)5-2-11/h1-10H,(H,23,24)/b22-10+. The molecule has 3 aromatic rings. The van der Waals surface area contributed by atoms with E-state index in [9.17, 15) is 9.18 Å². The Morgan fingerprint density at radius 1 is 1.08 bits per heavy atom. The SMILES string of the molecule is O=C(N/N=C/c1ccc(-c2cc(Cl)ccc2Cl)o1)c1ccc(F)cc1. The Morgan fingerprint density at radius 3 is 2.60 bits per heavy atom. The monoisotopic (exact) mass is 376 g/mol. The molecule has 2 aromatic carbocycles. The van der Waals surface area contributed by atoms with E-state index in [-0.39, 0.29) is 0 Å². The average Bonchev–Trinajstić information content (AvgIpc) is 3.06. The van der Waals surface area contributed by atoms with Crippen molar-refractivity contribution in [2.45, 2.75) is 0 Å². The highest BCUT2D eigenvalue weighted by molar-refractivity contribution is 6.35. The van der Waals surface area contributed by atoms with Gasteiger partial charge < -0.3 is 4.42 Å². The van der Waals surface area contributed by atoms with Crippen LogP contribution in [0, 0.1) is 5.82 Å². The van der Waals surface area contributed by atoms with Gasteiger partial charge in [0.05, 0.1) is 11.2 Å². The number of amides is 1. The highest BCUT2D eigenvalue weighted by atomic mass is 35.5. The molecule has 0 aliphatic carbocycles. The van der Waals surface area contributed by atoms with Crippen molar-refractivity contribution in [3.8, 4) is 11.3 Å². The second-order valence-corrected chi connectivity index (χ2v) is 5.88. The minimum Gasteiger partial charge on any atom is -0.455 e. The van der Waals surface area contributed by atoms with Gasteiger partial charge >= 0.3 is 0 Å². The van der Waals surface area contributed by atoms with Crippen LogP contribution in [-0.2, 0) is 0 Å². The van der Waals surface area contributed by atoms with Crippen molar-refractivity contribution in [2.24, 2.45) is 5.10 Å². The molecule has 0 spiro atoms. The first-order valence-corrected chi connectivity index (χ1v) is 7.93. The molecule has 1 heterocycles. The molecular weight excluding hydrogens is 366 g/mol. The van der Waals surface area contributed by atoms with Gasteiger partial charge in [-0.2, -0.15) is 5.10 Å². The van der Waals surface area contributed by atoms with Gasteiger partial charge in [-0.3, -0.25) is 4.79 Å². The number of hydrazone groups is 1. The molecule has 0 atom stereocenters. The van der Waals surface area contributed by atoms with Gasteiger partial charge in [-0.15, -0.1) is 0 Å². The highest BCUT2D eigenvalue weighted by Crippen LogP contribution is 2.31. The number of carbonyl (C=O) groups is 1. The molecule has 0 saturated carbocycles. The molecule has 0 radical (unpaired) electrons. The van der Waals surface area contributed by atoms with E-state index in [1.807, 2.05) is 0 Å². The van der Waals surface area contributed by atoms with Crippen LogP contribution in [0.5, 0.6) is 0 Å². The van der Waals surface area contributed by atoms with Crippen molar-refractivity contribution in [3.05, 3.63) is 81.8 Å². The maximum absolute atomic E-state index is 12.8. The van der Waals surface area contributed by atoms with Crippen LogP contribution in [0.25, 0.3) is 11.3 Å². The van der Waals surface area contributed by atoms with Gasteiger partial charge in [-0.1, -0.05) is 23.2 Å². The molecule has 126 valence electrons. The third kappa shape index (κ3) is 4.26. The highest BCUT2D eigenvalue weighted by Gasteiger charge is 2.09. The molecule has 0 bridgehead atoms.